The van der Waals surface area contributed by atoms with Crippen molar-refractivity contribution in [3.63, 3.8) is 0 Å². The van der Waals surface area contributed by atoms with E-state index in [-0.39, 0.29) is 5.78 Å². The number of nitrogens with zero attached hydrogens (tertiary/aromatic N) is 2. The van der Waals surface area contributed by atoms with E-state index >= 15 is 0 Å². The van der Waals surface area contributed by atoms with E-state index in [0.717, 1.165) is 33.5 Å². The van der Waals surface area contributed by atoms with Crippen LogP contribution in [0.5, 0.6) is 17.2 Å². The summed E-state index contributed by atoms with van der Waals surface area (Å²) in [5, 5.41) is 4.27. The minimum absolute atomic E-state index is 0.0828. The predicted molar refractivity (Wildman–Crippen MR) is 154 cm³/mol. The van der Waals surface area contributed by atoms with Gasteiger partial charge >= 0.3 is 0 Å². The second kappa shape index (κ2) is 11.5. The van der Waals surface area contributed by atoms with E-state index in [1.165, 1.54) is 0 Å². The Hall–Kier alpha value is -5.17. The van der Waals surface area contributed by atoms with Gasteiger partial charge < -0.3 is 19.5 Å². The molecule has 1 N–H and O–H groups in total. The summed E-state index contributed by atoms with van der Waals surface area (Å²) < 4.78 is 16.0. The van der Waals surface area contributed by atoms with E-state index in [1.807, 2.05) is 78.9 Å². The van der Waals surface area contributed by atoms with Crippen LogP contribution in [0.25, 0.3) is 28.4 Å². The Bertz CT molecular complexity index is 1650. The lowest BCUT2D eigenvalue weighted by molar-refractivity contribution is 0.104. The van der Waals surface area contributed by atoms with Crippen LogP contribution in [0.15, 0.2) is 97.1 Å². The molecular weight excluding hydrogens is 490 g/mol. The van der Waals surface area contributed by atoms with Gasteiger partial charge in [0.05, 0.1) is 26.8 Å². The molecule has 7 nitrogen and oxygen atoms in total. The summed E-state index contributed by atoms with van der Waals surface area (Å²) in [6, 6.07) is 28.2. The molecule has 1 heterocycles. The smallest absolute Gasteiger partial charge is 0.185 e. The van der Waals surface area contributed by atoms with E-state index in [4.69, 9.17) is 24.2 Å². The third-order valence-electron chi connectivity index (χ3n) is 6.22. The number of aromatic nitrogens is 2. The summed E-state index contributed by atoms with van der Waals surface area (Å²) in [6.45, 7) is 0. The maximum Gasteiger partial charge on any atom is 0.185 e. The van der Waals surface area contributed by atoms with Crippen molar-refractivity contribution in [3.05, 3.63) is 108 Å². The van der Waals surface area contributed by atoms with Gasteiger partial charge in [0, 0.05) is 22.2 Å². The molecule has 5 rings (SSSR count). The molecule has 0 saturated carbocycles. The molecule has 4 aromatic carbocycles. The fourth-order valence-corrected chi connectivity index (χ4v) is 4.11. The second-order valence-corrected chi connectivity index (χ2v) is 8.66. The average molecular weight is 518 g/mol. The molecule has 1 aromatic heterocycles. The normalized spacial score (nSPS) is 10.9. The van der Waals surface area contributed by atoms with Crippen LogP contribution in [0, 0.1) is 0 Å². The number of methoxy groups -OCH3 is 3. The number of hydrogen-bond donors (Lipinski definition) is 1. The van der Waals surface area contributed by atoms with Crippen molar-refractivity contribution in [1.82, 2.24) is 9.97 Å². The van der Waals surface area contributed by atoms with Crippen LogP contribution in [-0.2, 0) is 0 Å². The zero-order valence-corrected chi connectivity index (χ0v) is 21.8. The van der Waals surface area contributed by atoms with E-state index in [1.54, 1.807) is 45.6 Å². The molecule has 0 radical (unpaired) electrons. The lowest BCUT2D eigenvalue weighted by Gasteiger charge is -2.13. The van der Waals surface area contributed by atoms with Gasteiger partial charge in [-0.1, -0.05) is 30.3 Å². The molecule has 0 atom stereocenters. The minimum atomic E-state index is -0.0828. The molecule has 7 heteroatoms. The molecule has 5 aromatic rings. The number of hydrogen-bond acceptors (Lipinski definition) is 7. The van der Waals surface area contributed by atoms with Crippen molar-refractivity contribution in [2.45, 2.75) is 0 Å². The Morgan fingerprint density at radius 3 is 2.23 bits per heavy atom. The summed E-state index contributed by atoms with van der Waals surface area (Å²) in [6.07, 6.45) is 3.36. The molecule has 0 aliphatic rings. The van der Waals surface area contributed by atoms with Gasteiger partial charge in [-0.2, -0.15) is 0 Å². The van der Waals surface area contributed by atoms with Crippen molar-refractivity contribution in [3.8, 4) is 28.6 Å². The monoisotopic (exact) mass is 517 g/mol. The highest BCUT2D eigenvalue weighted by Gasteiger charge is 2.13. The van der Waals surface area contributed by atoms with Gasteiger partial charge in [0.2, 0.25) is 0 Å². The van der Waals surface area contributed by atoms with Gasteiger partial charge in [-0.15, -0.1) is 0 Å². The maximum absolute atomic E-state index is 12.7. The average Bonchev–Trinajstić information content (AvgIpc) is 3.00. The number of ether oxygens (including phenoxy) is 3. The molecule has 0 saturated heterocycles. The maximum atomic E-state index is 12.7. The van der Waals surface area contributed by atoms with Gasteiger partial charge in [-0.05, 0) is 78.4 Å². The topological polar surface area (TPSA) is 82.6 Å². The van der Waals surface area contributed by atoms with E-state index < -0.39 is 0 Å². The Balaban J connectivity index is 1.39. The Kier molecular flexibility index (Phi) is 7.50. The van der Waals surface area contributed by atoms with E-state index in [9.17, 15) is 4.79 Å². The van der Waals surface area contributed by atoms with Gasteiger partial charge in [0.15, 0.2) is 23.1 Å². The van der Waals surface area contributed by atoms with Gasteiger partial charge in [0.1, 0.15) is 11.6 Å². The number of benzene rings is 4. The molecule has 0 amide bonds. The van der Waals surface area contributed by atoms with Crippen LogP contribution in [0.3, 0.4) is 0 Å². The van der Waals surface area contributed by atoms with Crippen molar-refractivity contribution < 1.29 is 19.0 Å². The van der Waals surface area contributed by atoms with E-state index in [0.29, 0.717) is 28.7 Å². The van der Waals surface area contributed by atoms with Gasteiger partial charge in [-0.25, -0.2) is 9.97 Å². The highest BCUT2D eigenvalue weighted by molar-refractivity contribution is 6.07. The van der Waals surface area contributed by atoms with E-state index in [2.05, 4.69) is 5.32 Å². The third kappa shape index (κ3) is 5.72. The fraction of sp³-hybridized carbons (Fsp3) is 0.0938. The lowest BCUT2D eigenvalue weighted by Crippen LogP contribution is -2.00. The SMILES string of the molecule is COc1ccc(/C=C/C(=O)c2ccc(Nc3nc(-c4ccc(OC)c(OC)c4)nc4ccccc34)cc2)cc1. The van der Waals surface area contributed by atoms with Crippen LogP contribution in [0.2, 0.25) is 0 Å². The first-order valence-corrected chi connectivity index (χ1v) is 12.3. The zero-order chi connectivity index (χ0) is 27.2. The number of carbonyl (C=O) groups excluding carboxylic acids is 1. The summed E-state index contributed by atoms with van der Waals surface area (Å²) in [7, 11) is 4.82. The van der Waals surface area contributed by atoms with Crippen LogP contribution < -0.4 is 19.5 Å². The summed E-state index contributed by atoms with van der Waals surface area (Å²) >= 11 is 0. The number of rotatable bonds is 9. The standard InChI is InChI=1S/C32H27N3O4/c1-37-25-16-8-21(9-17-25)10-18-28(36)22-11-14-24(15-12-22)33-32-26-6-4-5-7-27(26)34-31(35-32)23-13-19-29(38-2)30(20-23)39-3/h4-20H,1-3H3,(H,33,34,35)/b18-10+. The first-order chi connectivity index (χ1) is 19.1. The highest BCUT2D eigenvalue weighted by atomic mass is 16.5. The zero-order valence-electron chi connectivity index (χ0n) is 21.8. The Labute approximate surface area is 226 Å². The summed E-state index contributed by atoms with van der Waals surface area (Å²) in [5.41, 5.74) is 3.90. The quantitative estimate of drug-likeness (QED) is 0.167. The third-order valence-corrected chi connectivity index (χ3v) is 6.22. The number of para-hydroxylation sites is 1. The Morgan fingerprint density at radius 2 is 1.51 bits per heavy atom. The van der Waals surface area contributed by atoms with Crippen molar-refractivity contribution in [2.75, 3.05) is 26.6 Å². The molecule has 0 spiro atoms. The summed E-state index contributed by atoms with van der Waals surface area (Å²) in [4.78, 5) is 22.3. The number of ketones is 1. The first-order valence-electron chi connectivity index (χ1n) is 12.3. The number of nitrogens with one attached hydrogen (secondary N) is 1. The van der Waals surface area contributed by atoms with Crippen molar-refractivity contribution >= 4 is 34.3 Å². The van der Waals surface area contributed by atoms with Gasteiger partial charge in [-0.3, -0.25) is 4.79 Å². The molecule has 0 aliphatic carbocycles. The largest absolute Gasteiger partial charge is 0.497 e. The molecule has 0 aliphatic heterocycles. The molecule has 0 bridgehead atoms. The van der Waals surface area contributed by atoms with Crippen molar-refractivity contribution in [1.29, 1.82) is 0 Å². The highest BCUT2D eigenvalue weighted by Crippen LogP contribution is 2.33. The molecule has 194 valence electrons. The molecule has 39 heavy (non-hydrogen) atoms. The summed E-state index contributed by atoms with van der Waals surface area (Å²) in [5.74, 6) is 3.13. The van der Waals surface area contributed by atoms with Gasteiger partial charge in [0.25, 0.3) is 0 Å². The molecular formula is C32H27N3O4. The Morgan fingerprint density at radius 1 is 0.769 bits per heavy atom. The fourth-order valence-electron chi connectivity index (χ4n) is 4.11. The number of allylic oxidation sites excluding steroid dienone is 1. The number of anilines is 2. The minimum Gasteiger partial charge on any atom is -0.497 e. The second-order valence-electron chi connectivity index (χ2n) is 8.66. The lowest BCUT2D eigenvalue weighted by atomic mass is 10.1. The van der Waals surface area contributed by atoms with Crippen LogP contribution >= 0.6 is 0 Å². The molecule has 0 unspecified atom stereocenters. The predicted octanol–water partition coefficient (Wildman–Crippen LogP) is 6.96. The first kappa shape index (κ1) is 25.5. The van der Waals surface area contributed by atoms with Crippen LogP contribution in [0.1, 0.15) is 15.9 Å². The molecule has 0 fully saturated rings. The number of carbonyl (C=O) groups is 1. The van der Waals surface area contributed by atoms with Crippen LogP contribution in [-0.4, -0.2) is 37.1 Å². The number of fused-ring (bicyclic) bond motifs is 1. The van der Waals surface area contributed by atoms with Crippen molar-refractivity contribution in [2.24, 2.45) is 0 Å². The van der Waals surface area contributed by atoms with Crippen LogP contribution in [0.4, 0.5) is 11.5 Å².